The van der Waals surface area contributed by atoms with Crippen molar-refractivity contribution in [3.8, 4) is 0 Å². The molecule has 19 heavy (non-hydrogen) atoms. The summed E-state index contributed by atoms with van der Waals surface area (Å²) in [5, 5.41) is 10.3. The number of benzene rings is 1. The summed E-state index contributed by atoms with van der Waals surface area (Å²) in [6.07, 6.45) is -6.16. The van der Waals surface area contributed by atoms with Gasteiger partial charge in [0.2, 0.25) is 0 Å². The van der Waals surface area contributed by atoms with Crippen molar-refractivity contribution in [1.82, 2.24) is 10.7 Å². The molecular formula is C10H10F3N3O3. The summed E-state index contributed by atoms with van der Waals surface area (Å²) >= 11 is 0. The first kappa shape index (κ1) is 14.8. The van der Waals surface area contributed by atoms with Gasteiger partial charge in [0.15, 0.2) is 0 Å². The lowest BCUT2D eigenvalue weighted by Gasteiger charge is -2.17. The SMILES string of the molecule is NNC(=O)C(NC(=O)O)c1cccc(C(F)(F)F)c1. The molecule has 5 N–H and O–H groups in total. The first-order valence-electron chi connectivity index (χ1n) is 4.92. The minimum atomic E-state index is -4.59. The fourth-order valence-electron chi connectivity index (χ4n) is 1.40. The van der Waals surface area contributed by atoms with Gasteiger partial charge in [-0.05, 0) is 17.7 Å². The Morgan fingerprint density at radius 3 is 2.42 bits per heavy atom. The highest BCUT2D eigenvalue weighted by Crippen LogP contribution is 2.30. The zero-order valence-corrected chi connectivity index (χ0v) is 9.36. The molecule has 9 heteroatoms. The van der Waals surface area contributed by atoms with E-state index in [9.17, 15) is 22.8 Å². The summed E-state index contributed by atoms with van der Waals surface area (Å²) in [4.78, 5) is 21.9. The van der Waals surface area contributed by atoms with Crippen LogP contribution in [0.2, 0.25) is 0 Å². The number of carbonyl (C=O) groups is 2. The van der Waals surface area contributed by atoms with Crippen molar-refractivity contribution < 1.29 is 27.9 Å². The molecule has 0 spiro atoms. The third-order valence-electron chi connectivity index (χ3n) is 2.22. The Labute approximate surface area is 105 Å². The molecule has 104 valence electrons. The van der Waals surface area contributed by atoms with E-state index >= 15 is 0 Å². The second kappa shape index (κ2) is 5.57. The van der Waals surface area contributed by atoms with Crippen molar-refractivity contribution in [3.05, 3.63) is 35.4 Å². The van der Waals surface area contributed by atoms with Gasteiger partial charge in [-0.15, -0.1) is 0 Å². The third-order valence-corrected chi connectivity index (χ3v) is 2.22. The molecule has 1 rings (SSSR count). The van der Waals surface area contributed by atoms with Crippen LogP contribution < -0.4 is 16.6 Å². The van der Waals surface area contributed by atoms with Crippen LogP contribution in [0.25, 0.3) is 0 Å². The molecule has 1 atom stereocenters. The van der Waals surface area contributed by atoms with Crippen molar-refractivity contribution in [1.29, 1.82) is 0 Å². The van der Waals surface area contributed by atoms with Crippen LogP contribution in [0, 0.1) is 0 Å². The molecule has 6 nitrogen and oxygen atoms in total. The molecule has 0 saturated carbocycles. The number of nitrogens with one attached hydrogen (secondary N) is 2. The summed E-state index contributed by atoms with van der Waals surface area (Å²) in [5.74, 6) is 3.88. The molecule has 0 saturated heterocycles. The van der Waals surface area contributed by atoms with E-state index in [0.29, 0.717) is 6.07 Å². The number of halogens is 3. The molecule has 0 heterocycles. The molecule has 0 aromatic heterocycles. The molecule has 0 radical (unpaired) electrons. The van der Waals surface area contributed by atoms with E-state index in [0.717, 1.165) is 12.1 Å². The van der Waals surface area contributed by atoms with E-state index in [4.69, 9.17) is 10.9 Å². The van der Waals surface area contributed by atoms with Crippen LogP contribution in [0.1, 0.15) is 17.2 Å². The molecule has 1 aromatic carbocycles. The van der Waals surface area contributed by atoms with Crippen LogP contribution in [0.15, 0.2) is 24.3 Å². The van der Waals surface area contributed by atoms with Crippen LogP contribution in [-0.4, -0.2) is 17.1 Å². The van der Waals surface area contributed by atoms with Gasteiger partial charge in [0.1, 0.15) is 6.04 Å². The Morgan fingerprint density at radius 2 is 1.95 bits per heavy atom. The van der Waals surface area contributed by atoms with Crippen LogP contribution >= 0.6 is 0 Å². The maximum absolute atomic E-state index is 12.5. The van der Waals surface area contributed by atoms with Gasteiger partial charge in [-0.25, -0.2) is 10.6 Å². The highest BCUT2D eigenvalue weighted by molar-refractivity contribution is 5.86. The number of carbonyl (C=O) groups excluding carboxylic acids is 1. The molecule has 1 unspecified atom stereocenters. The number of hydrogen-bond donors (Lipinski definition) is 4. The number of amides is 2. The van der Waals surface area contributed by atoms with E-state index in [1.165, 1.54) is 6.07 Å². The molecule has 0 aliphatic heterocycles. The zero-order valence-electron chi connectivity index (χ0n) is 9.36. The standard InChI is InChI=1S/C10H10F3N3O3/c11-10(12,13)6-3-1-2-5(4-6)7(8(17)16-14)15-9(18)19/h1-4,7,15H,14H2,(H,16,17)(H,18,19). The van der Waals surface area contributed by atoms with Crippen molar-refractivity contribution >= 4 is 12.0 Å². The van der Waals surface area contributed by atoms with Gasteiger partial charge in [0, 0.05) is 0 Å². The maximum Gasteiger partial charge on any atom is 0.416 e. The number of rotatable bonds is 3. The van der Waals surface area contributed by atoms with Gasteiger partial charge in [-0.3, -0.25) is 10.2 Å². The average molecular weight is 277 g/mol. The Bertz CT molecular complexity index is 490. The first-order valence-corrected chi connectivity index (χ1v) is 4.92. The lowest BCUT2D eigenvalue weighted by molar-refractivity contribution is -0.137. The normalized spacial score (nSPS) is 12.6. The van der Waals surface area contributed by atoms with Crippen LogP contribution in [0.5, 0.6) is 0 Å². The fraction of sp³-hybridized carbons (Fsp3) is 0.200. The Kier molecular flexibility index (Phi) is 4.33. The van der Waals surface area contributed by atoms with Gasteiger partial charge < -0.3 is 10.4 Å². The average Bonchev–Trinajstić information content (AvgIpc) is 2.34. The molecule has 0 fully saturated rings. The van der Waals surface area contributed by atoms with Crippen LogP contribution in [0.4, 0.5) is 18.0 Å². The number of hydrogen-bond acceptors (Lipinski definition) is 3. The van der Waals surface area contributed by atoms with Gasteiger partial charge in [-0.1, -0.05) is 12.1 Å². The van der Waals surface area contributed by atoms with E-state index in [2.05, 4.69) is 0 Å². The smallest absolute Gasteiger partial charge is 0.416 e. The molecule has 0 aliphatic carbocycles. The summed E-state index contributed by atoms with van der Waals surface area (Å²) in [5.41, 5.74) is 0.521. The minimum absolute atomic E-state index is 0.167. The van der Waals surface area contributed by atoms with Crippen LogP contribution in [0.3, 0.4) is 0 Å². The van der Waals surface area contributed by atoms with Crippen molar-refractivity contribution in [2.24, 2.45) is 5.84 Å². The summed E-state index contributed by atoms with van der Waals surface area (Å²) < 4.78 is 37.5. The molecule has 1 aromatic rings. The summed E-state index contributed by atoms with van der Waals surface area (Å²) in [6, 6.07) is 2.21. The Morgan fingerprint density at radius 1 is 1.32 bits per heavy atom. The maximum atomic E-state index is 12.5. The van der Waals surface area contributed by atoms with E-state index in [-0.39, 0.29) is 5.56 Å². The first-order chi connectivity index (χ1) is 8.75. The molecular weight excluding hydrogens is 267 g/mol. The Hall–Kier alpha value is -2.29. The highest BCUT2D eigenvalue weighted by Gasteiger charge is 2.32. The largest absolute Gasteiger partial charge is 0.465 e. The predicted molar refractivity (Wildman–Crippen MR) is 57.7 cm³/mol. The lowest BCUT2D eigenvalue weighted by atomic mass is 10.0. The van der Waals surface area contributed by atoms with Crippen molar-refractivity contribution in [3.63, 3.8) is 0 Å². The molecule has 0 aliphatic rings. The summed E-state index contributed by atoms with van der Waals surface area (Å²) in [6.45, 7) is 0. The monoisotopic (exact) mass is 277 g/mol. The highest BCUT2D eigenvalue weighted by atomic mass is 19.4. The number of nitrogens with two attached hydrogens (primary N) is 1. The third kappa shape index (κ3) is 3.85. The van der Waals surface area contributed by atoms with Crippen molar-refractivity contribution in [2.75, 3.05) is 0 Å². The van der Waals surface area contributed by atoms with Crippen LogP contribution in [-0.2, 0) is 11.0 Å². The number of carboxylic acid groups (broad SMARTS) is 1. The van der Waals surface area contributed by atoms with E-state index in [1.807, 2.05) is 0 Å². The van der Waals surface area contributed by atoms with Gasteiger partial charge in [0.25, 0.3) is 5.91 Å². The molecule has 0 bridgehead atoms. The second-order valence-electron chi connectivity index (χ2n) is 3.51. The lowest BCUT2D eigenvalue weighted by Crippen LogP contribution is -2.42. The van der Waals surface area contributed by atoms with Gasteiger partial charge in [0.05, 0.1) is 5.56 Å². The van der Waals surface area contributed by atoms with E-state index < -0.39 is 29.8 Å². The number of alkyl halides is 3. The fourth-order valence-corrected chi connectivity index (χ4v) is 1.40. The molecule has 2 amide bonds. The van der Waals surface area contributed by atoms with Crippen molar-refractivity contribution in [2.45, 2.75) is 12.2 Å². The van der Waals surface area contributed by atoms with Gasteiger partial charge >= 0.3 is 12.3 Å². The topological polar surface area (TPSA) is 104 Å². The quantitative estimate of drug-likeness (QED) is 0.376. The number of hydrazine groups is 1. The minimum Gasteiger partial charge on any atom is -0.465 e. The van der Waals surface area contributed by atoms with E-state index in [1.54, 1.807) is 10.7 Å². The predicted octanol–water partition coefficient (Wildman–Crippen LogP) is 1.00. The second-order valence-corrected chi connectivity index (χ2v) is 3.51. The Balaban J connectivity index is 3.16. The summed E-state index contributed by atoms with van der Waals surface area (Å²) in [7, 11) is 0. The van der Waals surface area contributed by atoms with Gasteiger partial charge in [-0.2, -0.15) is 13.2 Å². The zero-order chi connectivity index (χ0) is 14.6.